The van der Waals surface area contributed by atoms with Gasteiger partial charge in [-0.3, -0.25) is 9.59 Å². The number of likely N-dealkylation sites (tertiary alicyclic amines) is 1. The number of hydrogen-bond acceptors (Lipinski definition) is 5. The number of morpholine rings is 1. The average Bonchev–Trinajstić information content (AvgIpc) is 3.05. The van der Waals surface area contributed by atoms with Crippen molar-refractivity contribution in [2.45, 2.75) is 6.92 Å². The van der Waals surface area contributed by atoms with Crippen LogP contribution in [0.3, 0.4) is 0 Å². The van der Waals surface area contributed by atoms with Gasteiger partial charge in [0.2, 0.25) is 5.91 Å². The van der Waals surface area contributed by atoms with Crippen LogP contribution < -0.4 is 0 Å². The topological polar surface area (TPSA) is 107 Å². The molecule has 0 unspecified atom stereocenters. The summed E-state index contributed by atoms with van der Waals surface area (Å²) in [5, 5.41) is 9.67. The Hall–Kier alpha value is -1.23. The van der Waals surface area contributed by atoms with E-state index < -0.39 is 27.5 Å². The highest BCUT2D eigenvalue weighted by atomic mass is 32.2. The molecular weight excluding hydrogens is 326 g/mol. The van der Waals surface area contributed by atoms with Crippen LogP contribution in [0.2, 0.25) is 0 Å². The maximum absolute atomic E-state index is 12.7. The number of carbonyl (C=O) groups excluding carboxylic acids is 1. The lowest BCUT2D eigenvalue weighted by atomic mass is 9.81. The first kappa shape index (κ1) is 16.6. The fraction of sp³-hybridized carbons (Fsp3) is 0.846. The molecule has 0 spiro atoms. The minimum absolute atomic E-state index is 0.0669. The second-order valence-corrected chi connectivity index (χ2v) is 8.11. The van der Waals surface area contributed by atoms with E-state index in [0.29, 0.717) is 19.8 Å². The van der Waals surface area contributed by atoms with Gasteiger partial charge in [-0.15, -0.1) is 0 Å². The third kappa shape index (κ3) is 2.44. The van der Waals surface area contributed by atoms with E-state index in [1.807, 2.05) is 0 Å². The van der Waals surface area contributed by atoms with Gasteiger partial charge >= 0.3 is 5.97 Å². The third-order valence-corrected chi connectivity index (χ3v) is 6.97. The molecule has 3 aliphatic rings. The monoisotopic (exact) mass is 347 g/mol. The Morgan fingerprint density at radius 1 is 1.30 bits per heavy atom. The molecule has 3 heterocycles. The number of carbonyl (C=O) groups is 2. The lowest BCUT2D eigenvalue weighted by molar-refractivity contribution is -0.149. The van der Waals surface area contributed by atoms with Gasteiger partial charge in [-0.25, -0.2) is 0 Å². The van der Waals surface area contributed by atoms with Gasteiger partial charge in [0.1, 0.15) is 5.41 Å². The molecule has 3 fully saturated rings. The van der Waals surface area contributed by atoms with Crippen molar-refractivity contribution in [3.63, 3.8) is 0 Å². The molecule has 0 aromatic heterocycles. The number of ether oxygens (including phenoxy) is 1. The summed E-state index contributed by atoms with van der Waals surface area (Å²) in [5.74, 6) is -2.18. The van der Waals surface area contributed by atoms with E-state index in [2.05, 4.69) is 0 Å². The molecule has 3 rings (SSSR count). The van der Waals surface area contributed by atoms with E-state index >= 15 is 0 Å². The van der Waals surface area contributed by atoms with Gasteiger partial charge < -0.3 is 14.7 Å². The van der Waals surface area contributed by atoms with Crippen LogP contribution in [0.15, 0.2) is 0 Å². The third-order valence-electron chi connectivity index (χ3n) is 5.02. The van der Waals surface area contributed by atoms with Crippen LogP contribution >= 0.6 is 0 Å². The molecule has 0 bridgehead atoms. The smallest absolute Gasteiger partial charge is 0.313 e. The molecule has 9 nitrogen and oxygen atoms in total. The van der Waals surface area contributed by atoms with Gasteiger partial charge in [0.25, 0.3) is 10.2 Å². The Labute approximate surface area is 135 Å². The maximum atomic E-state index is 12.7. The van der Waals surface area contributed by atoms with Crippen LogP contribution in [-0.4, -0.2) is 91.4 Å². The molecule has 0 aromatic rings. The number of nitrogens with zero attached hydrogens (tertiary/aromatic N) is 3. The standard InChI is InChI=1S/C13H21N3O6S/c1-2-14-8-13(12(18)19)9-16(7-10(13)11(14)17)23(20,21)15-3-5-22-6-4-15/h10H,2-9H2,1H3,(H,18,19)/t10-,13+/m0/s1. The molecular formula is C13H21N3O6S. The van der Waals surface area contributed by atoms with Gasteiger partial charge in [0.15, 0.2) is 0 Å². The molecule has 3 saturated heterocycles. The number of amides is 1. The SMILES string of the molecule is CCN1C[C@@]2(C(=O)O)CN(S(=O)(=O)N3CCOCC3)C[C@H]2C1=O. The van der Waals surface area contributed by atoms with Gasteiger partial charge in [0.05, 0.1) is 19.1 Å². The molecule has 1 N–H and O–H groups in total. The molecule has 10 heteroatoms. The van der Waals surface area contributed by atoms with Crippen molar-refractivity contribution >= 4 is 22.1 Å². The number of hydrogen-bond donors (Lipinski definition) is 1. The summed E-state index contributed by atoms with van der Waals surface area (Å²) in [6.45, 7) is 3.20. The predicted octanol–water partition coefficient (Wildman–Crippen LogP) is -1.57. The Morgan fingerprint density at radius 2 is 1.96 bits per heavy atom. The van der Waals surface area contributed by atoms with Crippen LogP contribution in [0.5, 0.6) is 0 Å². The lowest BCUT2D eigenvalue weighted by Gasteiger charge is -2.31. The van der Waals surface area contributed by atoms with Crippen molar-refractivity contribution in [2.75, 3.05) is 52.5 Å². The largest absolute Gasteiger partial charge is 0.481 e. The molecule has 0 saturated carbocycles. The van der Waals surface area contributed by atoms with Crippen LogP contribution in [0.1, 0.15) is 6.92 Å². The second-order valence-electron chi connectivity index (χ2n) is 6.18. The Balaban J connectivity index is 1.86. The first-order valence-electron chi connectivity index (χ1n) is 7.68. The quantitative estimate of drug-likeness (QED) is 0.658. The molecule has 130 valence electrons. The predicted molar refractivity (Wildman–Crippen MR) is 78.7 cm³/mol. The van der Waals surface area contributed by atoms with E-state index in [4.69, 9.17) is 4.74 Å². The zero-order valence-corrected chi connectivity index (χ0v) is 13.8. The van der Waals surface area contributed by atoms with E-state index in [9.17, 15) is 23.1 Å². The number of aliphatic carboxylic acids is 1. The van der Waals surface area contributed by atoms with Gasteiger partial charge in [-0.2, -0.15) is 17.0 Å². The molecule has 3 aliphatic heterocycles. The number of carboxylic acids is 1. The van der Waals surface area contributed by atoms with Crippen LogP contribution in [0.4, 0.5) is 0 Å². The van der Waals surface area contributed by atoms with E-state index in [0.717, 1.165) is 4.31 Å². The first-order valence-corrected chi connectivity index (χ1v) is 9.08. The molecule has 23 heavy (non-hydrogen) atoms. The van der Waals surface area contributed by atoms with Crippen molar-refractivity contribution in [1.82, 2.24) is 13.5 Å². The highest BCUT2D eigenvalue weighted by molar-refractivity contribution is 7.86. The second kappa shape index (κ2) is 5.69. The van der Waals surface area contributed by atoms with Crippen LogP contribution in [-0.2, 0) is 24.5 Å². The average molecular weight is 347 g/mol. The Kier molecular flexibility index (Phi) is 4.11. The van der Waals surface area contributed by atoms with E-state index in [1.54, 1.807) is 6.92 Å². The summed E-state index contributed by atoms with van der Waals surface area (Å²) >= 11 is 0. The fourth-order valence-electron chi connectivity index (χ4n) is 3.65. The van der Waals surface area contributed by atoms with Gasteiger partial charge in [-0.05, 0) is 6.92 Å². The minimum Gasteiger partial charge on any atom is -0.481 e. The van der Waals surface area contributed by atoms with Crippen molar-refractivity contribution in [2.24, 2.45) is 11.3 Å². The lowest BCUT2D eigenvalue weighted by Crippen LogP contribution is -2.49. The first-order chi connectivity index (χ1) is 10.8. The summed E-state index contributed by atoms with van der Waals surface area (Å²) < 4.78 is 33.1. The molecule has 2 atom stereocenters. The molecule has 0 radical (unpaired) electrons. The highest BCUT2D eigenvalue weighted by Crippen LogP contribution is 2.44. The number of rotatable bonds is 4. The minimum atomic E-state index is -3.77. The molecule has 0 aromatic carbocycles. The van der Waals surface area contributed by atoms with Gasteiger partial charge in [0, 0.05) is 39.3 Å². The zero-order valence-electron chi connectivity index (χ0n) is 13.0. The zero-order chi connectivity index (χ0) is 16.8. The Bertz CT molecular complexity index is 617. The summed E-state index contributed by atoms with van der Waals surface area (Å²) in [6.07, 6.45) is 0. The molecule has 0 aliphatic carbocycles. The van der Waals surface area contributed by atoms with Crippen LogP contribution in [0.25, 0.3) is 0 Å². The summed E-state index contributed by atoms with van der Waals surface area (Å²) in [5.41, 5.74) is -1.34. The van der Waals surface area contributed by atoms with Crippen molar-refractivity contribution in [3.05, 3.63) is 0 Å². The summed E-state index contributed by atoms with van der Waals surface area (Å²) in [6, 6.07) is 0. The summed E-state index contributed by atoms with van der Waals surface area (Å²) in [7, 11) is -3.77. The van der Waals surface area contributed by atoms with Gasteiger partial charge in [-0.1, -0.05) is 0 Å². The fourth-order valence-corrected chi connectivity index (χ4v) is 5.32. The highest BCUT2D eigenvalue weighted by Gasteiger charge is 2.63. The van der Waals surface area contributed by atoms with E-state index in [-0.39, 0.29) is 38.6 Å². The summed E-state index contributed by atoms with van der Waals surface area (Å²) in [4.78, 5) is 25.7. The van der Waals surface area contributed by atoms with Crippen molar-refractivity contribution in [3.8, 4) is 0 Å². The van der Waals surface area contributed by atoms with E-state index in [1.165, 1.54) is 9.21 Å². The van der Waals surface area contributed by atoms with Crippen molar-refractivity contribution < 1.29 is 27.9 Å². The van der Waals surface area contributed by atoms with Crippen molar-refractivity contribution in [1.29, 1.82) is 0 Å². The normalized spacial score (nSPS) is 33.2. The molecule has 1 amide bonds. The Morgan fingerprint density at radius 3 is 2.48 bits per heavy atom. The maximum Gasteiger partial charge on any atom is 0.313 e. The van der Waals surface area contributed by atoms with Crippen LogP contribution in [0, 0.1) is 11.3 Å². The number of fused-ring (bicyclic) bond motifs is 1. The number of carboxylic acid groups (broad SMARTS) is 1.